The highest BCUT2D eigenvalue weighted by atomic mass is 32.1. The van der Waals surface area contributed by atoms with Crippen molar-refractivity contribution in [1.82, 2.24) is 9.13 Å². The third kappa shape index (κ3) is 10.0. The molecule has 0 N–H and O–H groups in total. The predicted molar refractivity (Wildman–Crippen MR) is 437 cm³/mol. The van der Waals surface area contributed by atoms with Gasteiger partial charge in [-0.3, -0.25) is 0 Å². The zero-order valence-corrected chi connectivity index (χ0v) is 57.0. The fraction of sp³-hybridized carbons (Fsp3) is 0. The Morgan fingerprint density at radius 3 is 1.16 bits per heavy atom. The lowest BCUT2D eigenvalue weighted by Crippen LogP contribution is -2.10. The second kappa shape index (κ2) is 24.6. The molecule has 102 heavy (non-hydrogen) atoms. The van der Waals surface area contributed by atoms with E-state index in [1.165, 1.54) is 112 Å². The Balaban J connectivity index is 0.699. The van der Waals surface area contributed by atoms with Gasteiger partial charge in [-0.15, -0.1) is 22.7 Å². The SMILES string of the molecule is c1ccc(-c2ccc(N(c3ccc(-c4ccc(-c5ccc6c(c5)sc5c(N(c7ccc(-c8ccccc8)cc7)c7ccc(-c8ccccc8-n8c9ccccc9c9ccccc98)cc7)cccc56)cc4-n4c5ccccc5c5ccccc54)cc3)c3ccc4sc5ccccc5c4c3)cc2)cc1. The molecule has 4 nitrogen and oxygen atoms in total. The van der Waals surface area contributed by atoms with E-state index in [4.69, 9.17) is 0 Å². The molecule has 20 rings (SSSR count). The van der Waals surface area contributed by atoms with E-state index in [1.54, 1.807) is 0 Å². The van der Waals surface area contributed by atoms with Crippen molar-refractivity contribution in [1.29, 1.82) is 0 Å². The Morgan fingerprint density at radius 2 is 0.588 bits per heavy atom. The summed E-state index contributed by atoms with van der Waals surface area (Å²) in [5.41, 5.74) is 25.2. The normalized spacial score (nSPS) is 11.7. The molecule has 0 aliphatic carbocycles. The Hall–Kier alpha value is -12.8. The van der Waals surface area contributed by atoms with Crippen molar-refractivity contribution in [3.05, 3.63) is 376 Å². The van der Waals surface area contributed by atoms with Crippen LogP contribution < -0.4 is 9.80 Å². The number of hydrogen-bond donors (Lipinski definition) is 0. The summed E-state index contributed by atoms with van der Waals surface area (Å²) in [6.45, 7) is 0. The second-order valence-electron chi connectivity index (χ2n) is 26.3. The second-order valence-corrected chi connectivity index (χ2v) is 28.5. The predicted octanol–water partition coefficient (Wildman–Crippen LogP) is 27.9. The van der Waals surface area contributed by atoms with Crippen LogP contribution in [0.15, 0.2) is 376 Å². The first-order valence-corrected chi connectivity index (χ1v) is 36.4. The van der Waals surface area contributed by atoms with Crippen molar-refractivity contribution < 1.29 is 0 Å². The molecule has 4 heterocycles. The van der Waals surface area contributed by atoms with Crippen molar-refractivity contribution in [2.24, 2.45) is 0 Å². The summed E-state index contributed by atoms with van der Waals surface area (Å²) in [4.78, 5) is 4.85. The molecule has 0 unspecified atom stereocenters. The number of aromatic nitrogens is 2. The summed E-state index contributed by atoms with van der Waals surface area (Å²) < 4.78 is 9.95. The van der Waals surface area contributed by atoms with Crippen LogP contribution in [-0.4, -0.2) is 9.13 Å². The van der Waals surface area contributed by atoms with Crippen molar-refractivity contribution in [3.8, 4) is 67.0 Å². The van der Waals surface area contributed by atoms with E-state index in [-0.39, 0.29) is 0 Å². The Bertz CT molecular complexity index is 6490. The third-order valence-corrected chi connectivity index (χ3v) is 22.9. The number of fused-ring (bicyclic) bond motifs is 12. The smallest absolute Gasteiger partial charge is 0.0640 e. The van der Waals surface area contributed by atoms with E-state index in [1.807, 2.05) is 22.7 Å². The fourth-order valence-electron chi connectivity index (χ4n) is 15.7. The molecule has 0 saturated carbocycles. The van der Waals surface area contributed by atoms with Gasteiger partial charge in [-0.1, -0.05) is 255 Å². The molecule has 0 aliphatic heterocycles. The first-order valence-electron chi connectivity index (χ1n) is 34.8. The highest BCUT2D eigenvalue weighted by Gasteiger charge is 2.24. The van der Waals surface area contributed by atoms with E-state index >= 15 is 0 Å². The standard InChI is InChI=1S/C96H62N4S2/c1-3-20-63(21-4-1)65-38-48-71(49-39-65)97(75-56-59-94-85(62-75)82-29-12-18-37-93(82)101-94)72-52-42-68(43-53-72)77-57-46-69(60-92(77)100-89-34-16-10-27-80(89)81-28-11-17-35-90(81)100)70-47-58-83-84-30-19-36-91(96(84)102-95(83)61-70)98(73-50-40-66(41-51-73)64-22-5-2-6-23-64)74-54-44-67(45-55-74)76-24-7-13-31-86(76)99-87-32-14-8-25-78(87)79-26-9-15-33-88(79)99/h1-62H. The van der Waals surface area contributed by atoms with Crippen LogP contribution in [0, 0.1) is 0 Å². The van der Waals surface area contributed by atoms with Crippen LogP contribution in [-0.2, 0) is 0 Å². The average Bonchev–Trinajstić information content (AvgIpc) is 1.57. The van der Waals surface area contributed by atoms with Gasteiger partial charge in [-0.05, 0) is 166 Å². The van der Waals surface area contributed by atoms with Gasteiger partial charge in [0.05, 0.1) is 43.8 Å². The van der Waals surface area contributed by atoms with E-state index in [0.29, 0.717) is 0 Å². The fourth-order valence-corrected chi connectivity index (χ4v) is 18.1. The number of benzene rings is 16. The highest BCUT2D eigenvalue weighted by molar-refractivity contribution is 7.26. The van der Waals surface area contributed by atoms with Gasteiger partial charge in [0, 0.05) is 96.8 Å². The zero-order valence-electron chi connectivity index (χ0n) is 55.4. The van der Waals surface area contributed by atoms with Crippen molar-refractivity contribution in [3.63, 3.8) is 0 Å². The molecule has 0 radical (unpaired) electrons. The number of nitrogens with zero attached hydrogens (tertiary/aromatic N) is 4. The third-order valence-electron chi connectivity index (χ3n) is 20.6. The lowest BCUT2D eigenvalue weighted by Gasteiger charge is -2.26. The summed E-state index contributed by atoms with van der Waals surface area (Å²) in [5.74, 6) is 0. The monoisotopic (exact) mass is 1330 g/mol. The lowest BCUT2D eigenvalue weighted by molar-refractivity contribution is 1.18. The number of anilines is 6. The van der Waals surface area contributed by atoms with Crippen LogP contribution >= 0.6 is 22.7 Å². The molecule has 478 valence electrons. The maximum absolute atomic E-state index is 2.49. The number of thiophene rings is 2. The molecule has 4 aromatic heterocycles. The molecule has 0 atom stereocenters. The molecule has 0 fully saturated rings. The Kier molecular flexibility index (Phi) is 14.3. The van der Waals surface area contributed by atoms with Gasteiger partial charge in [0.25, 0.3) is 0 Å². The highest BCUT2D eigenvalue weighted by Crippen LogP contribution is 2.49. The molecular formula is C96H62N4S2. The molecule has 0 amide bonds. The van der Waals surface area contributed by atoms with Crippen molar-refractivity contribution in [2.45, 2.75) is 0 Å². The molecule has 16 aromatic carbocycles. The van der Waals surface area contributed by atoms with Crippen molar-refractivity contribution in [2.75, 3.05) is 9.80 Å². The molecule has 20 aromatic rings. The maximum Gasteiger partial charge on any atom is 0.0640 e. The molecule has 0 saturated heterocycles. The van der Waals surface area contributed by atoms with Crippen LogP contribution in [0.5, 0.6) is 0 Å². The lowest BCUT2D eigenvalue weighted by atomic mass is 9.96. The van der Waals surface area contributed by atoms with E-state index in [2.05, 4.69) is 395 Å². The van der Waals surface area contributed by atoms with Gasteiger partial charge < -0.3 is 18.9 Å². The zero-order chi connectivity index (χ0) is 67.2. The van der Waals surface area contributed by atoms with Crippen LogP contribution in [0.1, 0.15) is 0 Å². The maximum atomic E-state index is 2.49. The minimum atomic E-state index is 1.08. The number of para-hydroxylation sites is 5. The topological polar surface area (TPSA) is 16.3 Å². The Labute approximate surface area is 598 Å². The van der Waals surface area contributed by atoms with Gasteiger partial charge in [0.1, 0.15) is 0 Å². The molecular weight excluding hydrogens is 1270 g/mol. The molecule has 0 aliphatic rings. The van der Waals surface area contributed by atoms with Gasteiger partial charge in [0.2, 0.25) is 0 Å². The minimum absolute atomic E-state index is 1.08. The number of hydrogen-bond acceptors (Lipinski definition) is 4. The summed E-state index contributed by atoms with van der Waals surface area (Å²) in [5, 5.41) is 9.97. The van der Waals surface area contributed by atoms with Crippen LogP contribution in [0.2, 0.25) is 0 Å². The summed E-state index contributed by atoms with van der Waals surface area (Å²) in [6, 6.07) is 139. The average molecular weight is 1340 g/mol. The van der Waals surface area contributed by atoms with E-state index in [9.17, 15) is 0 Å². The van der Waals surface area contributed by atoms with Crippen molar-refractivity contribution >= 4 is 141 Å². The molecule has 0 bridgehead atoms. The Morgan fingerprint density at radius 1 is 0.196 bits per heavy atom. The quantitative estimate of drug-likeness (QED) is 0.114. The first-order chi connectivity index (χ1) is 50.6. The van der Waals surface area contributed by atoms with Crippen LogP contribution in [0.3, 0.4) is 0 Å². The molecule has 6 heteroatoms. The summed E-state index contributed by atoms with van der Waals surface area (Å²) in [6.07, 6.45) is 0. The van der Waals surface area contributed by atoms with Gasteiger partial charge in [-0.25, -0.2) is 0 Å². The van der Waals surface area contributed by atoms with Crippen LogP contribution in [0.25, 0.3) is 151 Å². The summed E-state index contributed by atoms with van der Waals surface area (Å²) >= 11 is 3.72. The summed E-state index contributed by atoms with van der Waals surface area (Å²) in [7, 11) is 0. The van der Waals surface area contributed by atoms with Gasteiger partial charge in [0.15, 0.2) is 0 Å². The van der Waals surface area contributed by atoms with E-state index in [0.717, 1.165) is 73.3 Å². The van der Waals surface area contributed by atoms with E-state index < -0.39 is 0 Å². The molecule has 0 spiro atoms. The van der Waals surface area contributed by atoms with Gasteiger partial charge in [-0.2, -0.15) is 0 Å². The largest absolute Gasteiger partial charge is 0.310 e. The van der Waals surface area contributed by atoms with Crippen LogP contribution in [0.4, 0.5) is 34.1 Å². The minimum Gasteiger partial charge on any atom is -0.310 e. The van der Waals surface area contributed by atoms with Gasteiger partial charge >= 0.3 is 0 Å². The first kappa shape index (κ1) is 59.2. The number of rotatable bonds is 13.